The van der Waals surface area contributed by atoms with Gasteiger partial charge in [0.05, 0.1) is 6.07 Å². The van der Waals surface area contributed by atoms with Crippen molar-refractivity contribution >= 4 is 0 Å². The Labute approximate surface area is 54.2 Å². The number of ether oxygens (including phenoxy) is 2. The van der Waals surface area contributed by atoms with Crippen LogP contribution in [0.3, 0.4) is 0 Å². The smallest absolute Gasteiger partial charge is 0.185 e. The second-order valence-electron chi connectivity index (χ2n) is 2.11. The van der Waals surface area contributed by atoms with Crippen LogP contribution in [0.15, 0.2) is 0 Å². The molecule has 0 aliphatic heterocycles. The van der Waals surface area contributed by atoms with E-state index in [0.29, 0.717) is 6.42 Å². The second kappa shape index (κ2) is 1.98. The normalized spacial score (nSPS) is 29.2. The first-order valence-corrected chi connectivity index (χ1v) is 2.79. The predicted molar refractivity (Wildman–Crippen MR) is 30.5 cm³/mol. The van der Waals surface area contributed by atoms with Gasteiger partial charge in [0.2, 0.25) is 0 Å². The Morgan fingerprint density at radius 3 is 2.22 bits per heavy atom. The Hall–Kier alpha value is -0.590. The van der Waals surface area contributed by atoms with Crippen LogP contribution >= 0.6 is 0 Å². The number of rotatable bonds is 2. The average Bonchev–Trinajstić information content (AvgIpc) is 2.63. The molecule has 0 N–H and O–H groups in total. The molecule has 0 spiro atoms. The van der Waals surface area contributed by atoms with Crippen LogP contribution in [0.4, 0.5) is 0 Å². The molecule has 0 aromatic carbocycles. The molecule has 1 atom stereocenters. The molecule has 0 amide bonds. The summed E-state index contributed by atoms with van der Waals surface area (Å²) in [5.74, 6) is -0.623. The second-order valence-corrected chi connectivity index (χ2v) is 2.11. The van der Waals surface area contributed by atoms with Gasteiger partial charge in [-0.25, -0.2) is 0 Å². The molecular weight excluding hydrogens is 118 g/mol. The average molecular weight is 127 g/mol. The topological polar surface area (TPSA) is 42.2 Å². The zero-order valence-corrected chi connectivity index (χ0v) is 5.55. The van der Waals surface area contributed by atoms with Crippen LogP contribution in [-0.2, 0) is 9.47 Å². The van der Waals surface area contributed by atoms with E-state index in [1.54, 1.807) is 14.2 Å². The summed E-state index contributed by atoms with van der Waals surface area (Å²) in [6.45, 7) is 0. The van der Waals surface area contributed by atoms with E-state index >= 15 is 0 Å². The van der Waals surface area contributed by atoms with Gasteiger partial charge in [-0.15, -0.1) is 0 Å². The molecule has 0 bridgehead atoms. The van der Waals surface area contributed by atoms with Crippen LogP contribution in [0.2, 0.25) is 0 Å². The lowest BCUT2D eigenvalue weighted by Crippen LogP contribution is -2.16. The van der Waals surface area contributed by atoms with E-state index in [0.717, 1.165) is 0 Å². The van der Waals surface area contributed by atoms with Gasteiger partial charge in [-0.05, 0) is 0 Å². The summed E-state index contributed by atoms with van der Waals surface area (Å²) in [5.41, 5.74) is 0. The van der Waals surface area contributed by atoms with Gasteiger partial charge in [-0.1, -0.05) is 0 Å². The van der Waals surface area contributed by atoms with E-state index in [1.807, 2.05) is 0 Å². The highest BCUT2D eigenvalue weighted by atomic mass is 16.7. The lowest BCUT2D eigenvalue weighted by molar-refractivity contribution is -0.134. The number of hydrogen-bond acceptors (Lipinski definition) is 3. The maximum absolute atomic E-state index is 8.39. The third kappa shape index (κ3) is 0.805. The SMILES string of the molecule is COC1(OC)CC1C#N. The summed E-state index contributed by atoms with van der Waals surface area (Å²) in [6.07, 6.45) is 0.705. The fourth-order valence-electron chi connectivity index (χ4n) is 0.904. The lowest BCUT2D eigenvalue weighted by atomic mass is 10.4. The molecule has 3 heteroatoms. The minimum Gasteiger partial charge on any atom is -0.352 e. The fourth-order valence-corrected chi connectivity index (χ4v) is 0.904. The monoisotopic (exact) mass is 127 g/mol. The molecule has 0 heterocycles. The van der Waals surface area contributed by atoms with Gasteiger partial charge in [0.15, 0.2) is 5.79 Å². The van der Waals surface area contributed by atoms with E-state index in [-0.39, 0.29) is 5.92 Å². The van der Waals surface area contributed by atoms with Gasteiger partial charge < -0.3 is 9.47 Å². The van der Waals surface area contributed by atoms with Crippen molar-refractivity contribution in [1.29, 1.82) is 5.26 Å². The molecule has 50 valence electrons. The molecule has 0 radical (unpaired) electrons. The van der Waals surface area contributed by atoms with Crippen molar-refractivity contribution in [3.05, 3.63) is 0 Å². The minimum atomic E-state index is -0.561. The summed E-state index contributed by atoms with van der Waals surface area (Å²) in [5, 5.41) is 8.39. The van der Waals surface area contributed by atoms with Crippen molar-refractivity contribution in [1.82, 2.24) is 0 Å². The first-order chi connectivity index (χ1) is 4.29. The Balaban J connectivity index is 2.49. The number of methoxy groups -OCH3 is 2. The quantitative estimate of drug-likeness (QED) is 0.508. The molecule has 3 nitrogen and oxygen atoms in total. The van der Waals surface area contributed by atoms with E-state index in [9.17, 15) is 0 Å². The molecular formula is C6H9NO2. The molecule has 0 saturated heterocycles. The van der Waals surface area contributed by atoms with Crippen LogP contribution < -0.4 is 0 Å². The van der Waals surface area contributed by atoms with Crippen LogP contribution in [0.5, 0.6) is 0 Å². The van der Waals surface area contributed by atoms with E-state index in [1.165, 1.54) is 0 Å². The van der Waals surface area contributed by atoms with Crippen LogP contribution in [0.25, 0.3) is 0 Å². The molecule has 1 aliphatic carbocycles. The molecule has 9 heavy (non-hydrogen) atoms. The van der Waals surface area contributed by atoms with E-state index < -0.39 is 5.79 Å². The standard InChI is InChI=1S/C6H9NO2/c1-8-6(9-2)3-5(6)4-7/h5H,3H2,1-2H3. The highest BCUT2D eigenvalue weighted by molar-refractivity contribution is 5.09. The van der Waals surface area contributed by atoms with Gasteiger partial charge >= 0.3 is 0 Å². The molecule has 1 unspecified atom stereocenters. The first kappa shape index (κ1) is 6.53. The number of nitriles is 1. The van der Waals surface area contributed by atoms with Gasteiger partial charge in [-0.3, -0.25) is 0 Å². The van der Waals surface area contributed by atoms with Crippen molar-refractivity contribution in [2.24, 2.45) is 5.92 Å². The van der Waals surface area contributed by atoms with Crippen molar-refractivity contribution in [2.75, 3.05) is 14.2 Å². The Morgan fingerprint density at radius 1 is 1.56 bits per heavy atom. The number of nitrogens with zero attached hydrogens (tertiary/aromatic N) is 1. The van der Waals surface area contributed by atoms with E-state index in [2.05, 4.69) is 6.07 Å². The van der Waals surface area contributed by atoms with Crippen LogP contribution in [0.1, 0.15) is 6.42 Å². The highest BCUT2D eigenvalue weighted by Gasteiger charge is 2.56. The molecule has 1 saturated carbocycles. The maximum Gasteiger partial charge on any atom is 0.185 e. The van der Waals surface area contributed by atoms with Crippen LogP contribution in [0, 0.1) is 17.2 Å². The third-order valence-electron chi connectivity index (χ3n) is 1.71. The Kier molecular flexibility index (Phi) is 1.43. The summed E-state index contributed by atoms with van der Waals surface area (Å²) in [6, 6.07) is 2.08. The maximum atomic E-state index is 8.39. The zero-order valence-electron chi connectivity index (χ0n) is 5.55. The molecule has 0 aromatic heterocycles. The summed E-state index contributed by atoms with van der Waals surface area (Å²) >= 11 is 0. The molecule has 1 aliphatic rings. The minimum absolute atomic E-state index is 0.0625. The Bertz CT molecular complexity index is 146. The van der Waals surface area contributed by atoms with Gasteiger partial charge in [0.1, 0.15) is 5.92 Å². The van der Waals surface area contributed by atoms with E-state index in [4.69, 9.17) is 14.7 Å². The van der Waals surface area contributed by atoms with Gasteiger partial charge in [-0.2, -0.15) is 5.26 Å². The van der Waals surface area contributed by atoms with Crippen molar-refractivity contribution in [3.8, 4) is 6.07 Å². The molecule has 0 aromatic rings. The lowest BCUT2D eigenvalue weighted by Gasteiger charge is -2.09. The number of hydrogen-bond donors (Lipinski definition) is 0. The Morgan fingerprint density at radius 2 is 2.11 bits per heavy atom. The van der Waals surface area contributed by atoms with Crippen molar-refractivity contribution < 1.29 is 9.47 Å². The zero-order chi connectivity index (χ0) is 6.91. The molecule has 1 fully saturated rings. The summed E-state index contributed by atoms with van der Waals surface area (Å²) in [7, 11) is 3.11. The van der Waals surface area contributed by atoms with Gasteiger partial charge in [0, 0.05) is 20.6 Å². The van der Waals surface area contributed by atoms with Crippen LogP contribution in [-0.4, -0.2) is 20.0 Å². The molecule has 1 rings (SSSR count). The third-order valence-corrected chi connectivity index (χ3v) is 1.71. The summed E-state index contributed by atoms with van der Waals surface area (Å²) < 4.78 is 9.91. The first-order valence-electron chi connectivity index (χ1n) is 2.79. The fraction of sp³-hybridized carbons (Fsp3) is 0.833. The summed E-state index contributed by atoms with van der Waals surface area (Å²) in [4.78, 5) is 0. The van der Waals surface area contributed by atoms with Crippen molar-refractivity contribution in [2.45, 2.75) is 12.2 Å². The van der Waals surface area contributed by atoms with Crippen molar-refractivity contribution in [3.63, 3.8) is 0 Å². The predicted octanol–water partition coefficient (Wildman–Crippen LogP) is 0.519. The largest absolute Gasteiger partial charge is 0.352 e. The highest BCUT2D eigenvalue weighted by Crippen LogP contribution is 2.46. The van der Waals surface area contributed by atoms with Gasteiger partial charge in [0.25, 0.3) is 0 Å².